The summed E-state index contributed by atoms with van der Waals surface area (Å²) in [7, 11) is 0. The zero-order chi connectivity index (χ0) is 16.3. The van der Waals surface area contributed by atoms with Crippen LogP contribution in [0.5, 0.6) is 11.5 Å². The minimum absolute atomic E-state index is 0.0806. The normalized spacial score (nSPS) is 10.8. The molecule has 0 atom stereocenters. The molecule has 22 heavy (non-hydrogen) atoms. The number of phenols is 1. The monoisotopic (exact) mass is 398 g/mol. The second kappa shape index (κ2) is 7.86. The minimum atomic E-state index is -0.155. The number of aliphatic hydroxyl groups is 1. The predicted octanol–water partition coefficient (Wildman–Crippen LogP) is 5.53. The van der Waals surface area contributed by atoms with Crippen molar-refractivity contribution in [2.24, 2.45) is 0 Å². The zero-order valence-corrected chi connectivity index (χ0v) is 14.8. The van der Waals surface area contributed by atoms with Gasteiger partial charge >= 0.3 is 0 Å². The standard InChI is InChI=1S/C14H10Cl4O3S/c15-7-3-9(17)13(20)11(5-7)22-12-6-8(16)4-10(18)14(12)21-2-1-19/h3-6,19-20H,1-2H2. The van der Waals surface area contributed by atoms with Gasteiger partial charge in [0, 0.05) is 10.0 Å². The van der Waals surface area contributed by atoms with Gasteiger partial charge in [-0.15, -0.1) is 0 Å². The number of phenolic OH excluding ortho intramolecular Hbond substituents is 1. The smallest absolute Gasteiger partial charge is 0.152 e. The molecule has 0 aromatic heterocycles. The Labute approximate surface area is 151 Å². The molecule has 0 aliphatic rings. The first-order valence-corrected chi connectivity index (χ1v) is 8.33. The molecule has 0 aliphatic heterocycles. The van der Waals surface area contributed by atoms with E-state index in [1.165, 1.54) is 12.1 Å². The Morgan fingerprint density at radius 2 is 1.50 bits per heavy atom. The van der Waals surface area contributed by atoms with E-state index in [1.807, 2.05) is 0 Å². The molecule has 0 unspecified atom stereocenters. The van der Waals surface area contributed by atoms with Gasteiger partial charge in [0.1, 0.15) is 12.4 Å². The molecule has 0 bridgehead atoms. The first-order valence-electron chi connectivity index (χ1n) is 6.01. The zero-order valence-electron chi connectivity index (χ0n) is 10.9. The fraction of sp³-hybridized carbons (Fsp3) is 0.143. The van der Waals surface area contributed by atoms with E-state index in [0.717, 1.165) is 11.8 Å². The van der Waals surface area contributed by atoms with Gasteiger partial charge in [0.05, 0.1) is 26.4 Å². The maximum absolute atomic E-state index is 10.0. The molecule has 2 N–H and O–H groups in total. The number of rotatable bonds is 5. The van der Waals surface area contributed by atoms with Gasteiger partial charge < -0.3 is 14.9 Å². The molecule has 3 nitrogen and oxygen atoms in total. The predicted molar refractivity (Wildman–Crippen MR) is 91.3 cm³/mol. The van der Waals surface area contributed by atoms with Crippen LogP contribution >= 0.6 is 58.2 Å². The molecule has 2 aromatic rings. The summed E-state index contributed by atoms with van der Waals surface area (Å²) in [6, 6.07) is 6.18. The van der Waals surface area contributed by atoms with Crippen LogP contribution < -0.4 is 4.74 Å². The molecule has 2 rings (SSSR count). The lowest BCUT2D eigenvalue weighted by molar-refractivity contribution is 0.198. The molecule has 2 aromatic carbocycles. The summed E-state index contributed by atoms with van der Waals surface area (Å²) in [5.74, 6) is 0.265. The highest BCUT2D eigenvalue weighted by Gasteiger charge is 2.16. The average Bonchev–Trinajstić information content (AvgIpc) is 2.43. The highest BCUT2D eigenvalue weighted by atomic mass is 35.5. The van der Waals surface area contributed by atoms with Crippen LogP contribution in [0.15, 0.2) is 34.1 Å². The second-order valence-electron chi connectivity index (χ2n) is 4.12. The number of hydrogen-bond donors (Lipinski definition) is 2. The summed E-state index contributed by atoms with van der Waals surface area (Å²) in [5.41, 5.74) is 0. The van der Waals surface area contributed by atoms with Gasteiger partial charge in [-0.3, -0.25) is 0 Å². The van der Waals surface area contributed by atoms with Crippen LogP contribution in [0.2, 0.25) is 20.1 Å². The topological polar surface area (TPSA) is 49.7 Å². The molecule has 118 valence electrons. The number of halogens is 4. The van der Waals surface area contributed by atoms with Crippen molar-refractivity contribution in [3.05, 3.63) is 44.4 Å². The molecule has 0 saturated heterocycles. The molecule has 0 saturated carbocycles. The van der Waals surface area contributed by atoms with Crippen molar-refractivity contribution in [2.75, 3.05) is 13.2 Å². The van der Waals surface area contributed by atoms with E-state index in [1.54, 1.807) is 12.1 Å². The van der Waals surface area contributed by atoms with Crippen molar-refractivity contribution in [1.82, 2.24) is 0 Å². The largest absolute Gasteiger partial charge is 0.505 e. The van der Waals surface area contributed by atoms with Crippen molar-refractivity contribution >= 4 is 58.2 Å². The Balaban J connectivity index is 2.44. The van der Waals surface area contributed by atoms with Gasteiger partial charge in [-0.25, -0.2) is 0 Å². The number of ether oxygens (including phenoxy) is 1. The van der Waals surface area contributed by atoms with Crippen LogP contribution in [-0.2, 0) is 0 Å². The lowest BCUT2D eigenvalue weighted by Gasteiger charge is -2.14. The van der Waals surface area contributed by atoms with Crippen molar-refractivity contribution in [2.45, 2.75) is 9.79 Å². The van der Waals surface area contributed by atoms with Crippen molar-refractivity contribution in [3.63, 3.8) is 0 Å². The number of benzene rings is 2. The van der Waals surface area contributed by atoms with E-state index >= 15 is 0 Å². The molecule has 8 heteroatoms. The fourth-order valence-electron chi connectivity index (χ4n) is 1.64. The first-order chi connectivity index (χ1) is 10.4. The molecule has 0 aliphatic carbocycles. The second-order valence-corrected chi connectivity index (χ2v) is 6.89. The van der Waals surface area contributed by atoms with Gasteiger partial charge in [0.15, 0.2) is 5.75 Å². The third-order valence-electron chi connectivity index (χ3n) is 2.53. The Morgan fingerprint density at radius 1 is 0.909 bits per heavy atom. The maximum Gasteiger partial charge on any atom is 0.152 e. The third kappa shape index (κ3) is 4.28. The van der Waals surface area contributed by atoms with Crippen molar-refractivity contribution in [3.8, 4) is 11.5 Å². The summed E-state index contributed by atoms with van der Waals surface area (Å²) in [6.45, 7) is -0.0749. The van der Waals surface area contributed by atoms with Crippen LogP contribution in [-0.4, -0.2) is 23.4 Å². The lowest BCUT2D eigenvalue weighted by Crippen LogP contribution is -2.03. The highest BCUT2D eigenvalue weighted by Crippen LogP contribution is 2.46. The van der Waals surface area contributed by atoms with Crippen LogP contribution in [0.4, 0.5) is 0 Å². The van der Waals surface area contributed by atoms with Crippen LogP contribution in [0.1, 0.15) is 0 Å². The van der Waals surface area contributed by atoms with Crippen molar-refractivity contribution in [1.29, 1.82) is 0 Å². The van der Waals surface area contributed by atoms with E-state index in [2.05, 4.69) is 0 Å². The third-order valence-corrected chi connectivity index (χ3v) is 4.58. The minimum Gasteiger partial charge on any atom is -0.505 e. The highest BCUT2D eigenvalue weighted by molar-refractivity contribution is 7.99. The number of hydrogen-bond acceptors (Lipinski definition) is 4. The SMILES string of the molecule is OCCOc1c(Cl)cc(Cl)cc1Sc1cc(Cl)cc(Cl)c1O. The Bertz CT molecular complexity index is 694. The molecule has 0 spiro atoms. The van der Waals surface area contributed by atoms with Crippen LogP contribution in [0.25, 0.3) is 0 Å². The Hall–Kier alpha value is -0.490. The van der Waals surface area contributed by atoms with E-state index in [9.17, 15) is 5.11 Å². The van der Waals surface area contributed by atoms with Gasteiger partial charge in [0.25, 0.3) is 0 Å². The summed E-state index contributed by atoms with van der Waals surface area (Å²) in [6.07, 6.45) is 0. The molecule has 0 fully saturated rings. The van der Waals surface area contributed by atoms with Gasteiger partial charge in [-0.1, -0.05) is 58.2 Å². The maximum atomic E-state index is 10.0. The molecular formula is C14H10Cl4O3S. The van der Waals surface area contributed by atoms with Gasteiger partial charge in [-0.05, 0) is 24.3 Å². The van der Waals surface area contributed by atoms with Gasteiger partial charge in [-0.2, -0.15) is 0 Å². The summed E-state index contributed by atoms with van der Waals surface area (Å²) in [5, 5.41) is 20.2. The number of aliphatic hydroxyl groups excluding tert-OH is 1. The summed E-state index contributed by atoms with van der Waals surface area (Å²) in [4.78, 5) is 1.00. The van der Waals surface area contributed by atoms with E-state index in [4.69, 9.17) is 56.2 Å². The molecule has 0 heterocycles. The van der Waals surface area contributed by atoms with E-state index in [-0.39, 0.29) is 24.0 Å². The summed E-state index contributed by atoms with van der Waals surface area (Å²) >= 11 is 25.1. The number of aromatic hydroxyl groups is 1. The molecule has 0 amide bonds. The Kier molecular flexibility index (Phi) is 6.38. The quantitative estimate of drug-likeness (QED) is 0.693. The first kappa shape index (κ1) is 17.9. The molecule has 0 radical (unpaired) electrons. The van der Waals surface area contributed by atoms with E-state index < -0.39 is 0 Å². The van der Waals surface area contributed by atoms with Crippen molar-refractivity contribution < 1.29 is 14.9 Å². The summed E-state index contributed by atoms with van der Waals surface area (Å²) < 4.78 is 5.44. The van der Waals surface area contributed by atoms with Gasteiger partial charge in [0.2, 0.25) is 0 Å². The van der Waals surface area contributed by atoms with E-state index in [0.29, 0.717) is 30.6 Å². The van der Waals surface area contributed by atoms with Crippen LogP contribution in [0.3, 0.4) is 0 Å². The average molecular weight is 400 g/mol. The molecular weight excluding hydrogens is 390 g/mol. The van der Waals surface area contributed by atoms with Crippen LogP contribution in [0, 0.1) is 0 Å². The Morgan fingerprint density at radius 3 is 2.14 bits per heavy atom. The fourth-order valence-corrected chi connectivity index (χ4v) is 4.00. The lowest BCUT2D eigenvalue weighted by atomic mass is 10.3.